The number of benzene rings is 1. The summed E-state index contributed by atoms with van der Waals surface area (Å²) in [5, 5.41) is 0. The highest BCUT2D eigenvalue weighted by atomic mass is 16.5. The lowest BCUT2D eigenvalue weighted by molar-refractivity contribution is -0.148. The van der Waals surface area contributed by atoms with Crippen molar-refractivity contribution < 1.29 is 23.5 Å². The molecule has 0 spiro atoms. The molecular weight excluding hydrogens is 310 g/mol. The van der Waals surface area contributed by atoms with Crippen molar-refractivity contribution >= 4 is 18.0 Å². The van der Waals surface area contributed by atoms with Crippen LogP contribution >= 0.6 is 0 Å². The second-order valence-electron chi connectivity index (χ2n) is 5.40. The summed E-state index contributed by atoms with van der Waals surface area (Å²) in [6, 6.07) is 10.9. The van der Waals surface area contributed by atoms with Crippen LogP contribution in [0.3, 0.4) is 0 Å². The van der Waals surface area contributed by atoms with Crippen LogP contribution in [0, 0.1) is 0 Å². The van der Waals surface area contributed by atoms with E-state index in [9.17, 15) is 9.59 Å². The fourth-order valence-electron chi connectivity index (χ4n) is 2.29. The van der Waals surface area contributed by atoms with Gasteiger partial charge in [-0.15, -0.1) is 0 Å². The summed E-state index contributed by atoms with van der Waals surface area (Å²) in [6.07, 6.45) is 3.26. The van der Waals surface area contributed by atoms with Gasteiger partial charge in [-0.25, -0.2) is 4.79 Å². The highest BCUT2D eigenvalue weighted by Gasteiger charge is 2.20. The van der Waals surface area contributed by atoms with E-state index in [-0.39, 0.29) is 19.1 Å². The van der Waals surface area contributed by atoms with Gasteiger partial charge < -0.3 is 18.8 Å². The predicted octanol–water partition coefficient (Wildman–Crippen LogP) is 2.26. The zero-order chi connectivity index (χ0) is 16.9. The maximum absolute atomic E-state index is 12.1. The smallest absolute Gasteiger partial charge is 0.338 e. The van der Waals surface area contributed by atoms with E-state index in [0.717, 1.165) is 11.3 Å². The van der Waals surface area contributed by atoms with Gasteiger partial charge in [0.2, 0.25) is 0 Å². The summed E-state index contributed by atoms with van der Waals surface area (Å²) in [4.78, 5) is 25.5. The molecule has 0 saturated carbocycles. The van der Waals surface area contributed by atoms with Crippen molar-refractivity contribution in [3.05, 3.63) is 59.6 Å². The van der Waals surface area contributed by atoms with E-state index in [0.29, 0.717) is 17.9 Å². The van der Waals surface area contributed by atoms with Crippen molar-refractivity contribution in [1.82, 2.24) is 4.90 Å². The molecular formula is C18H17NO5. The van der Waals surface area contributed by atoms with Gasteiger partial charge in [-0.05, 0) is 24.3 Å². The van der Waals surface area contributed by atoms with Gasteiger partial charge in [0, 0.05) is 12.6 Å². The Morgan fingerprint density at radius 2 is 2.04 bits per heavy atom. The Bertz CT molecular complexity index is 763. The number of hydrogen-bond donors (Lipinski definition) is 0. The highest BCUT2D eigenvalue weighted by molar-refractivity contribution is 5.96. The molecule has 0 N–H and O–H groups in total. The van der Waals surface area contributed by atoms with E-state index in [1.165, 1.54) is 4.90 Å². The van der Waals surface area contributed by atoms with Crippen LogP contribution in [0.1, 0.15) is 11.3 Å². The lowest BCUT2D eigenvalue weighted by Gasteiger charge is -2.18. The van der Waals surface area contributed by atoms with Gasteiger partial charge in [0.25, 0.3) is 5.91 Å². The van der Waals surface area contributed by atoms with E-state index in [1.807, 2.05) is 24.3 Å². The topological polar surface area (TPSA) is 69.0 Å². The van der Waals surface area contributed by atoms with Gasteiger partial charge in [0.15, 0.2) is 6.61 Å². The van der Waals surface area contributed by atoms with Crippen molar-refractivity contribution in [2.75, 3.05) is 20.3 Å². The molecule has 0 atom stereocenters. The quantitative estimate of drug-likeness (QED) is 0.788. The Kier molecular flexibility index (Phi) is 4.65. The SMILES string of the molecule is CN(Cc1ccco1)C(=O)COC(=O)C1=Cc2ccccc2OC1. The minimum atomic E-state index is -0.552. The predicted molar refractivity (Wildman–Crippen MR) is 86.1 cm³/mol. The number of furan rings is 1. The summed E-state index contributed by atoms with van der Waals surface area (Å²) in [5.74, 6) is 0.530. The maximum Gasteiger partial charge on any atom is 0.338 e. The molecule has 0 bridgehead atoms. The molecule has 6 heteroatoms. The number of amides is 1. The number of likely N-dealkylation sites (N-methyl/N-ethyl adjacent to an activating group) is 1. The number of ether oxygens (including phenoxy) is 2. The molecule has 1 amide bonds. The second-order valence-corrected chi connectivity index (χ2v) is 5.40. The molecule has 0 radical (unpaired) electrons. The first-order valence-corrected chi connectivity index (χ1v) is 7.49. The first-order valence-electron chi connectivity index (χ1n) is 7.49. The molecule has 2 heterocycles. The molecule has 0 aliphatic carbocycles. The van der Waals surface area contributed by atoms with Crippen LogP contribution in [0.25, 0.3) is 6.08 Å². The fraction of sp³-hybridized carbons (Fsp3) is 0.222. The zero-order valence-electron chi connectivity index (χ0n) is 13.2. The van der Waals surface area contributed by atoms with Gasteiger partial charge in [-0.1, -0.05) is 18.2 Å². The molecule has 6 nitrogen and oxygen atoms in total. The number of rotatable bonds is 5. The summed E-state index contributed by atoms with van der Waals surface area (Å²) in [5.41, 5.74) is 1.20. The number of carbonyl (C=O) groups excluding carboxylic acids is 2. The number of fused-ring (bicyclic) bond motifs is 1. The van der Waals surface area contributed by atoms with E-state index in [4.69, 9.17) is 13.9 Å². The molecule has 3 rings (SSSR count). The molecule has 0 unspecified atom stereocenters. The highest BCUT2D eigenvalue weighted by Crippen LogP contribution is 2.26. The van der Waals surface area contributed by atoms with Gasteiger partial charge >= 0.3 is 5.97 Å². The van der Waals surface area contributed by atoms with Crippen molar-refractivity contribution in [2.24, 2.45) is 0 Å². The number of hydrogen-bond acceptors (Lipinski definition) is 5. The largest absolute Gasteiger partial charge is 0.488 e. The molecule has 1 aromatic heterocycles. The fourth-order valence-corrected chi connectivity index (χ4v) is 2.29. The third-order valence-electron chi connectivity index (χ3n) is 3.62. The summed E-state index contributed by atoms with van der Waals surface area (Å²) < 4.78 is 15.8. The molecule has 2 aromatic rings. The van der Waals surface area contributed by atoms with Crippen molar-refractivity contribution in [3.8, 4) is 5.75 Å². The van der Waals surface area contributed by atoms with Crippen LogP contribution in [0.5, 0.6) is 5.75 Å². The first-order chi connectivity index (χ1) is 11.6. The minimum Gasteiger partial charge on any atom is -0.488 e. The van der Waals surface area contributed by atoms with Crippen LogP contribution in [0.2, 0.25) is 0 Å². The lowest BCUT2D eigenvalue weighted by Crippen LogP contribution is -2.31. The average Bonchev–Trinajstić information content (AvgIpc) is 3.11. The van der Waals surface area contributed by atoms with Crippen LogP contribution in [0.4, 0.5) is 0 Å². The first kappa shape index (κ1) is 15.9. The standard InChI is InChI=1S/C18H17NO5/c1-19(10-15-6-4-8-22-15)17(20)12-24-18(21)14-9-13-5-2-3-7-16(13)23-11-14/h2-9H,10-12H2,1H3. The Morgan fingerprint density at radius 3 is 2.83 bits per heavy atom. The van der Waals surface area contributed by atoms with Gasteiger partial charge in [-0.3, -0.25) is 4.79 Å². The van der Waals surface area contributed by atoms with Crippen molar-refractivity contribution in [2.45, 2.75) is 6.54 Å². The van der Waals surface area contributed by atoms with E-state index in [2.05, 4.69) is 0 Å². The van der Waals surface area contributed by atoms with Gasteiger partial charge in [0.1, 0.15) is 18.1 Å². The Hall–Kier alpha value is -3.02. The number of esters is 1. The molecule has 0 fully saturated rings. The molecule has 124 valence electrons. The molecule has 0 saturated heterocycles. The third kappa shape index (κ3) is 3.65. The number of para-hydroxylation sites is 1. The number of nitrogens with zero attached hydrogens (tertiary/aromatic N) is 1. The third-order valence-corrected chi connectivity index (χ3v) is 3.62. The second kappa shape index (κ2) is 7.04. The normalized spacial score (nSPS) is 12.6. The number of carbonyl (C=O) groups is 2. The Balaban J connectivity index is 1.54. The monoisotopic (exact) mass is 327 g/mol. The van der Waals surface area contributed by atoms with E-state index >= 15 is 0 Å². The average molecular weight is 327 g/mol. The van der Waals surface area contributed by atoms with E-state index < -0.39 is 5.97 Å². The minimum absolute atomic E-state index is 0.131. The van der Waals surface area contributed by atoms with Crippen LogP contribution < -0.4 is 4.74 Å². The summed E-state index contributed by atoms with van der Waals surface area (Å²) in [6.45, 7) is 0.129. The van der Waals surface area contributed by atoms with Crippen LogP contribution in [0.15, 0.2) is 52.7 Å². The van der Waals surface area contributed by atoms with Crippen molar-refractivity contribution in [1.29, 1.82) is 0 Å². The Morgan fingerprint density at radius 1 is 1.21 bits per heavy atom. The zero-order valence-corrected chi connectivity index (χ0v) is 13.2. The Labute approximate surface area is 139 Å². The van der Waals surface area contributed by atoms with Gasteiger partial charge in [-0.2, -0.15) is 0 Å². The van der Waals surface area contributed by atoms with Crippen LogP contribution in [-0.4, -0.2) is 37.0 Å². The van der Waals surface area contributed by atoms with E-state index in [1.54, 1.807) is 31.5 Å². The summed E-state index contributed by atoms with van der Waals surface area (Å²) >= 11 is 0. The van der Waals surface area contributed by atoms with Gasteiger partial charge in [0.05, 0.1) is 18.4 Å². The molecule has 1 aliphatic rings. The molecule has 1 aliphatic heterocycles. The summed E-state index contributed by atoms with van der Waals surface area (Å²) in [7, 11) is 1.62. The maximum atomic E-state index is 12.1. The van der Waals surface area contributed by atoms with Crippen molar-refractivity contribution in [3.63, 3.8) is 0 Å². The molecule has 1 aromatic carbocycles. The van der Waals surface area contributed by atoms with Crippen LogP contribution in [-0.2, 0) is 20.9 Å². The lowest BCUT2D eigenvalue weighted by atomic mass is 10.1. The molecule has 24 heavy (non-hydrogen) atoms.